The van der Waals surface area contributed by atoms with E-state index in [0.717, 1.165) is 63.8 Å². The molecule has 1 saturated heterocycles. The normalized spacial score (nSPS) is 15.4. The van der Waals surface area contributed by atoms with Gasteiger partial charge in [0.15, 0.2) is 0 Å². The van der Waals surface area contributed by atoms with Gasteiger partial charge in [-0.3, -0.25) is 9.59 Å². The summed E-state index contributed by atoms with van der Waals surface area (Å²) in [5.41, 5.74) is 0.706. The number of thioether (sulfide) groups is 1. The molecule has 1 aromatic heterocycles. The van der Waals surface area contributed by atoms with Gasteiger partial charge in [0.1, 0.15) is 11.8 Å². The van der Waals surface area contributed by atoms with Crippen LogP contribution in [0, 0.1) is 5.92 Å². The van der Waals surface area contributed by atoms with Crippen LogP contribution < -0.4 is 10.6 Å². The summed E-state index contributed by atoms with van der Waals surface area (Å²) in [6, 6.07) is -0.353. The molecule has 0 radical (unpaired) electrons. The van der Waals surface area contributed by atoms with Crippen molar-refractivity contribution < 1.29 is 14.7 Å². The smallest absolute Gasteiger partial charge is 0.244 e. The van der Waals surface area contributed by atoms with Crippen LogP contribution >= 0.6 is 11.8 Å². The number of rotatable bonds is 19. The van der Waals surface area contributed by atoms with Crippen LogP contribution in [0.5, 0.6) is 0 Å². The van der Waals surface area contributed by atoms with Crippen molar-refractivity contribution in [2.75, 3.05) is 38.2 Å². The lowest BCUT2D eigenvalue weighted by Gasteiger charge is -2.21. The summed E-state index contributed by atoms with van der Waals surface area (Å²) < 4.78 is 1.64. The summed E-state index contributed by atoms with van der Waals surface area (Å²) in [5, 5.41) is 23.6. The minimum absolute atomic E-state index is 0.00599. The van der Waals surface area contributed by atoms with E-state index < -0.39 is 0 Å². The summed E-state index contributed by atoms with van der Waals surface area (Å²) in [6.07, 6.45) is 16.9. The largest absolute Gasteiger partial charge is 0.396 e. The van der Waals surface area contributed by atoms with Crippen molar-refractivity contribution in [3.05, 3.63) is 11.9 Å². The van der Waals surface area contributed by atoms with Crippen molar-refractivity contribution in [2.24, 2.45) is 5.92 Å². The Morgan fingerprint density at radius 2 is 1.82 bits per heavy atom. The average Bonchev–Trinajstić information content (AvgIpc) is 3.31. The monoisotopic (exact) mass is 495 g/mol. The Hall–Kier alpha value is -1.45. The van der Waals surface area contributed by atoms with Crippen molar-refractivity contribution >= 4 is 23.5 Å². The van der Waals surface area contributed by atoms with Gasteiger partial charge in [-0.05, 0) is 57.2 Å². The zero-order valence-corrected chi connectivity index (χ0v) is 21.8. The number of Topliss-reactive ketones (excluding diaryl/α,β-unsaturated/α-hetero) is 1. The average molecular weight is 496 g/mol. The Morgan fingerprint density at radius 3 is 2.50 bits per heavy atom. The first-order valence-electron chi connectivity index (χ1n) is 13.2. The number of amides is 1. The van der Waals surface area contributed by atoms with Crippen LogP contribution in [-0.2, 0) is 16.0 Å². The molecule has 1 atom stereocenters. The number of hydrogen-bond acceptors (Lipinski definition) is 7. The summed E-state index contributed by atoms with van der Waals surface area (Å²) in [4.78, 5) is 24.9. The number of carbonyl (C=O) groups excluding carboxylic acids is 2. The van der Waals surface area contributed by atoms with Gasteiger partial charge in [0, 0.05) is 38.1 Å². The molecule has 194 valence electrons. The zero-order valence-electron chi connectivity index (χ0n) is 21.0. The predicted octanol–water partition coefficient (Wildman–Crippen LogP) is 3.30. The first-order valence-corrected chi connectivity index (χ1v) is 14.6. The van der Waals surface area contributed by atoms with E-state index in [1.54, 1.807) is 22.6 Å². The summed E-state index contributed by atoms with van der Waals surface area (Å²) in [5.74, 6) is 1.66. The number of aliphatic hydroxyl groups excluding tert-OH is 1. The second kappa shape index (κ2) is 17.9. The van der Waals surface area contributed by atoms with Gasteiger partial charge in [0.25, 0.3) is 0 Å². The van der Waals surface area contributed by atoms with Gasteiger partial charge in [-0.1, -0.05) is 43.7 Å². The molecule has 1 aromatic rings. The highest BCUT2D eigenvalue weighted by molar-refractivity contribution is 7.98. The third-order valence-corrected chi connectivity index (χ3v) is 7.23. The maximum Gasteiger partial charge on any atom is 0.244 e. The SMILES string of the molecule is CSCCC(C(=O)NCCCCCCCCCCC(=O)C1CCNCC1)n1cc(CCO)nn1. The quantitative estimate of drug-likeness (QED) is 0.253. The highest BCUT2D eigenvalue weighted by Gasteiger charge is 2.21. The summed E-state index contributed by atoms with van der Waals surface area (Å²) in [6.45, 7) is 2.70. The van der Waals surface area contributed by atoms with Crippen LogP contribution in [0.1, 0.15) is 88.8 Å². The van der Waals surface area contributed by atoms with E-state index >= 15 is 0 Å². The molecule has 0 aromatic carbocycles. The number of aromatic nitrogens is 3. The minimum Gasteiger partial charge on any atom is -0.396 e. The van der Waals surface area contributed by atoms with Crippen LogP contribution in [0.25, 0.3) is 0 Å². The van der Waals surface area contributed by atoms with Gasteiger partial charge in [-0.15, -0.1) is 5.10 Å². The number of carbonyl (C=O) groups is 2. The van der Waals surface area contributed by atoms with E-state index in [-0.39, 0.29) is 18.6 Å². The topological polar surface area (TPSA) is 109 Å². The fourth-order valence-electron chi connectivity index (χ4n) is 4.47. The molecule has 1 aliphatic heterocycles. The van der Waals surface area contributed by atoms with E-state index in [0.29, 0.717) is 36.8 Å². The fraction of sp³-hybridized carbons (Fsp3) is 0.840. The molecule has 8 nitrogen and oxygen atoms in total. The molecule has 1 aliphatic rings. The molecule has 1 unspecified atom stereocenters. The van der Waals surface area contributed by atoms with E-state index in [9.17, 15) is 9.59 Å². The van der Waals surface area contributed by atoms with E-state index in [2.05, 4.69) is 20.9 Å². The number of hydrogen-bond donors (Lipinski definition) is 3. The third kappa shape index (κ3) is 11.3. The molecule has 3 N–H and O–H groups in total. The molecule has 0 bridgehead atoms. The van der Waals surface area contributed by atoms with Crippen molar-refractivity contribution in [1.82, 2.24) is 25.6 Å². The van der Waals surface area contributed by atoms with Crippen LogP contribution in [-0.4, -0.2) is 70.0 Å². The summed E-state index contributed by atoms with van der Waals surface area (Å²) in [7, 11) is 0. The van der Waals surface area contributed by atoms with Crippen molar-refractivity contribution in [2.45, 2.75) is 89.5 Å². The number of nitrogens with one attached hydrogen (secondary N) is 2. The lowest BCUT2D eigenvalue weighted by atomic mass is 9.90. The van der Waals surface area contributed by atoms with Gasteiger partial charge >= 0.3 is 0 Å². The Morgan fingerprint density at radius 1 is 1.15 bits per heavy atom. The van der Waals surface area contributed by atoms with Gasteiger partial charge in [0.05, 0.1) is 5.69 Å². The molecule has 0 spiro atoms. The van der Waals surface area contributed by atoms with E-state index in [1.165, 1.54) is 25.7 Å². The molecule has 0 saturated carbocycles. The first-order chi connectivity index (χ1) is 16.7. The molecular weight excluding hydrogens is 450 g/mol. The van der Waals surface area contributed by atoms with Crippen molar-refractivity contribution in [1.29, 1.82) is 0 Å². The molecule has 2 rings (SSSR count). The van der Waals surface area contributed by atoms with Crippen LogP contribution in [0.4, 0.5) is 0 Å². The van der Waals surface area contributed by atoms with Crippen LogP contribution in [0.2, 0.25) is 0 Å². The maximum atomic E-state index is 12.7. The van der Waals surface area contributed by atoms with Gasteiger partial charge in [0.2, 0.25) is 5.91 Å². The van der Waals surface area contributed by atoms with E-state index in [4.69, 9.17) is 5.11 Å². The first kappa shape index (κ1) is 28.8. The van der Waals surface area contributed by atoms with Gasteiger partial charge < -0.3 is 15.7 Å². The zero-order chi connectivity index (χ0) is 24.4. The molecule has 0 aliphatic carbocycles. The molecule has 2 heterocycles. The number of unbranched alkanes of at least 4 members (excludes halogenated alkanes) is 7. The Balaban J connectivity index is 1.49. The maximum absolute atomic E-state index is 12.7. The molecule has 9 heteroatoms. The molecule has 34 heavy (non-hydrogen) atoms. The number of piperidine rings is 1. The second-order valence-electron chi connectivity index (χ2n) is 9.32. The van der Waals surface area contributed by atoms with Crippen molar-refractivity contribution in [3.63, 3.8) is 0 Å². The fourth-order valence-corrected chi connectivity index (χ4v) is 4.93. The number of nitrogens with zero attached hydrogens (tertiary/aromatic N) is 3. The Bertz CT molecular complexity index is 694. The lowest BCUT2D eigenvalue weighted by molar-refractivity contribution is -0.125. The Kier molecular flexibility index (Phi) is 15.2. The second-order valence-corrected chi connectivity index (χ2v) is 10.3. The number of aliphatic hydroxyl groups is 1. The molecule has 1 fully saturated rings. The van der Waals surface area contributed by atoms with E-state index in [1.807, 2.05) is 6.26 Å². The molecule has 1 amide bonds. The van der Waals surface area contributed by atoms with Gasteiger partial charge in [-0.2, -0.15) is 11.8 Å². The Labute approximate surface area is 209 Å². The van der Waals surface area contributed by atoms with Crippen molar-refractivity contribution in [3.8, 4) is 0 Å². The lowest BCUT2D eigenvalue weighted by Crippen LogP contribution is -2.34. The predicted molar refractivity (Wildman–Crippen MR) is 138 cm³/mol. The third-order valence-electron chi connectivity index (χ3n) is 6.59. The minimum atomic E-state index is -0.353. The van der Waals surface area contributed by atoms with Crippen LogP contribution in [0.15, 0.2) is 6.20 Å². The molecular formula is C25H45N5O3S. The standard InChI is InChI=1S/C25H45N5O3S/c1-34-19-14-23(30-20-22(13-18-31)28-29-30)25(33)27-15-9-7-5-3-2-4-6-8-10-24(32)21-11-16-26-17-12-21/h20-21,23,26,31H,2-19H2,1H3,(H,27,33). The van der Waals surface area contributed by atoms with Crippen LogP contribution in [0.3, 0.4) is 0 Å². The highest BCUT2D eigenvalue weighted by Crippen LogP contribution is 2.18. The van der Waals surface area contributed by atoms with Gasteiger partial charge in [-0.25, -0.2) is 4.68 Å². The highest BCUT2D eigenvalue weighted by atomic mass is 32.2. The summed E-state index contributed by atoms with van der Waals surface area (Å²) >= 11 is 1.71. The number of ketones is 1.